The number of rotatable bonds is 12. The highest BCUT2D eigenvalue weighted by molar-refractivity contribution is 9.09. The summed E-state index contributed by atoms with van der Waals surface area (Å²) in [5, 5.41) is 12.0. The molecule has 2 amide bonds. The van der Waals surface area contributed by atoms with Gasteiger partial charge in [-0.2, -0.15) is 0 Å². The Bertz CT molecular complexity index is 2640. The summed E-state index contributed by atoms with van der Waals surface area (Å²) in [6.07, 6.45) is 2.74. The van der Waals surface area contributed by atoms with Crippen LogP contribution in [0.5, 0.6) is 0 Å². The molecule has 2 aliphatic rings. The number of benzene rings is 4. The zero-order valence-corrected chi connectivity index (χ0v) is 39.2. The van der Waals surface area contributed by atoms with Gasteiger partial charge in [0.25, 0.3) is 11.8 Å². The van der Waals surface area contributed by atoms with Gasteiger partial charge in [0.15, 0.2) is 0 Å². The van der Waals surface area contributed by atoms with Gasteiger partial charge in [0, 0.05) is 42.3 Å². The first-order chi connectivity index (χ1) is 31.1. The largest absolute Gasteiger partial charge is 0.481 e. The molecular weight excluding hydrogens is 889 g/mol. The minimum atomic E-state index is -0.876. The van der Waals surface area contributed by atoms with E-state index in [9.17, 15) is 24.3 Å². The van der Waals surface area contributed by atoms with Crippen molar-refractivity contribution in [3.63, 3.8) is 0 Å². The molecule has 2 aliphatic heterocycles. The fraction of sp³-hybridized carbons (Fsp3) is 0.360. The smallest absolute Gasteiger partial charge is 0.310 e. The van der Waals surface area contributed by atoms with Crippen molar-refractivity contribution in [1.82, 2.24) is 29.7 Å². The summed E-state index contributed by atoms with van der Waals surface area (Å²) < 4.78 is 5.01. The average Bonchev–Trinajstić information content (AvgIpc) is 3.91. The Balaban J connectivity index is 0.000000192. The van der Waals surface area contributed by atoms with Crippen LogP contribution in [0.4, 0.5) is 11.9 Å². The summed E-state index contributed by atoms with van der Waals surface area (Å²) in [7, 11) is 0. The van der Waals surface area contributed by atoms with Gasteiger partial charge in [-0.25, -0.2) is 19.9 Å². The van der Waals surface area contributed by atoms with Crippen LogP contribution in [0.1, 0.15) is 114 Å². The number of ether oxygens (including phenoxy) is 1. The molecule has 14 nitrogen and oxygen atoms in total. The zero-order valence-electron chi connectivity index (χ0n) is 37.6. The molecule has 5 N–H and O–H groups in total. The number of amides is 2. The van der Waals surface area contributed by atoms with Crippen molar-refractivity contribution >= 4 is 73.4 Å². The zero-order chi connectivity index (χ0) is 46.8. The molecule has 4 heterocycles. The van der Waals surface area contributed by atoms with Gasteiger partial charge < -0.3 is 31.1 Å². The van der Waals surface area contributed by atoms with E-state index >= 15 is 0 Å². The summed E-state index contributed by atoms with van der Waals surface area (Å²) in [4.78, 5) is 70.7. The highest BCUT2D eigenvalue weighted by Crippen LogP contribution is 2.31. The van der Waals surface area contributed by atoms with Crippen LogP contribution in [0.15, 0.2) is 84.9 Å². The Kier molecular flexibility index (Phi) is 16.2. The van der Waals surface area contributed by atoms with Gasteiger partial charge in [-0.1, -0.05) is 104 Å². The number of carboxylic acids is 1. The van der Waals surface area contributed by atoms with E-state index in [4.69, 9.17) is 16.2 Å². The Morgan fingerprint density at radius 3 is 1.54 bits per heavy atom. The number of alkyl halides is 1. The quantitative estimate of drug-likeness (QED) is 0.0777. The topological polar surface area (TPSA) is 208 Å². The van der Waals surface area contributed by atoms with Crippen molar-refractivity contribution in [2.24, 2.45) is 11.8 Å². The van der Waals surface area contributed by atoms with E-state index in [0.717, 1.165) is 45.5 Å². The van der Waals surface area contributed by atoms with Gasteiger partial charge in [0.2, 0.25) is 11.9 Å². The molecule has 0 saturated carbocycles. The number of halogens is 1. The van der Waals surface area contributed by atoms with Crippen molar-refractivity contribution in [1.29, 1.82) is 0 Å². The Labute approximate surface area is 387 Å². The molecule has 0 fully saturated rings. The Hall–Kier alpha value is -6.48. The standard InChI is InChI=1S/C24H26N4O3.C21H20N4O3.C5H11Br/c1-14(2)7-9-18(23(30)31)15-8-10-20-19(11-15)21(27-24(25)26-20)22(29)28-12-16-5-3-4-6-17(16)13-28;1-2-28-18(26)10-13-7-8-17-16(9-13)19(24-21(22)23-17)20(27)25-11-14-5-3-4-6-15(14)12-25;1-5(2)3-4-6/h3-6,8,10-11,14,18H,7,9,12-13H2,1-2H3,(H,30,31)(H2,25,26,27);3-9H,2,10-12H2,1H3,(H2,22,23,24);5H,3-4H2,1-2H3. The first-order valence-corrected chi connectivity index (χ1v) is 23.1. The predicted octanol–water partition coefficient (Wildman–Crippen LogP) is 8.87. The lowest BCUT2D eigenvalue weighted by atomic mass is 9.90. The number of carbonyl (C=O) groups excluding carboxylic acids is 3. The number of carboxylic acid groups (broad SMARTS) is 1. The van der Waals surface area contributed by atoms with Gasteiger partial charge in [-0.05, 0) is 95.7 Å². The summed E-state index contributed by atoms with van der Waals surface area (Å²) in [5.74, 6) is -0.960. The minimum Gasteiger partial charge on any atom is -0.481 e. The lowest BCUT2D eigenvalue weighted by Crippen LogP contribution is -2.27. The van der Waals surface area contributed by atoms with Gasteiger partial charge in [-0.15, -0.1) is 0 Å². The number of nitrogen functional groups attached to an aromatic ring is 2. The van der Waals surface area contributed by atoms with Crippen LogP contribution >= 0.6 is 15.9 Å². The molecule has 0 saturated heterocycles. The van der Waals surface area contributed by atoms with Crippen LogP contribution in [0.25, 0.3) is 21.8 Å². The number of fused-ring (bicyclic) bond motifs is 4. The highest BCUT2D eigenvalue weighted by atomic mass is 79.9. The van der Waals surface area contributed by atoms with Crippen LogP contribution in [-0.2, 0) is 46.9 Å². The molecule has 2 aromatic heterocycles. The van der Waals surface area contributed by atoms with E-state index in [1.165, 1.54) is 6.42 Å². The van der Waals surface area contributed by atoms with Crippen LogP contribution < -0.4 is 11.5 Å². The molecule has 340 valence electrons. The highest BCUT2D eigenvalue weighted by Gasteiger charge is 2.29. The molecule has 0 aliphatic carbocycles. The number of esters is 1. The van der Waals surface area contributed by atoms with E-state index in [-0.39, 0.29) is 47.5 Å². The lowest BCUT2D eigenvalue weighted by Gasteiger charge is -2.18. The number of nitrogens with zero attached hydrogens (tertiary/aromatic N) is 6. The molecule has 15 heteroatoms. The number of hydrogen-bond donors (Lipinski definition) is 3. The lowest BCUT2D eigenvalue weighted by molar-refractivity contribution is -0.142. The second-order valence-electron chi connectivity index (χ2n) is 17.1. The number of nitrogens with two attached hydrogens (primary N) is 2. The molecule has 1 unspecified atom stereocenters. The van der Waals surface area contributed by atoms with E-state index < -0.39 is 11.9 Å². The number of carbonyl (C=O) groups is 4. The van der Waals surface area contributed by atoms with Crippen molar-refractivity contribution < 1.29 is 29.0 Å². The van der Waals surface area contributed by atoms with Crippen molar-refractivity contribution in [3.05, 3.63) is 130 Å². The summed E-state index contributed by atoms with van der Waals surface area (Å²) in [6, 6.07) is 26.4. The second kappa shape index (κ2) is 21.9. The minimum absolute atomic E-state index is 0.0231. The monoisotopic (exact) mass is 944 g/mol. The molecule has 0 radical (unpaired) electrons. The maximum absolute atomic E-state index is 13.4. The molecule has 1 atom stereocenters. The van der Waals surface area contributed by atoms with Gasteiger partial charge in [0.05, 0.1) is 30.0 Å². The number of hydrogen-bond acceptors (Lipinski definition) is 11. The van der Waals surface area contributed by atoms with Gasteiger partial charge in [0.1, 0.15) is 11.4 Å². The number of aromatic nitrogens is 4. The molecule has 0 bridgehead atoms. The predicted molar refractivity (Wildman–Crippen MR) is 256 cm³/mol. The van der Waals surface area contributed by atoms with E-state index in [0.29, 0.717) is 72.5 Å². The number of anilines is 2. The summed E-state index contributed by atoms with van der Waals surface area (Å²) >= 11 is 3.35. The van der Waals surface area contributed by atoms with E-state index in [1.807, 2.05) is 48.5 Å². The Morgan fingerprint density at radius 1 is 0.662 bits per heavy atom. The maximum atomic E-state index is 13.4. The normalized spacial score (nSPS) is 13.2. The first-order valence-electron chi connectivity index (χ1n) is 21.9. The fourth-order valence-corrected chi connectivity index (χ4v) is 8.71. The van der Waals surface area contributed by atoms with Crippen molar-refractivity contribution in [2.75, 3.05) is 23.4 Å². The maximum Gasteiger partial charge on any atom is 0.310 e. The number of aliphatic carboxylic acids is 1. The van der Waals surface area contributed by atoms with Crippen LogP contribution in [0.2, 0.25) is 0 Å². The Morgan fingerprint density at radius 2 is 1.12 bits per heavy atom. The van der Waals surface area contributed by atoms with E-state index in [1.54, 1.807) is 53.1 Å². The first kappa shape index (κ1) is 48.0. The SMILES string of the molecule is CC(C)CCBr.CC(C)CCC(C(=O)O)c1ccc2nc(N)nc(C(=O)N3Cc4ccccc4C3)c2c1.CCOC(=O)Cc1ccc2nc(N)nc(C(=O)N3Cc4ccccc4C3)c2c1. The molecule has 4 aromatic carbocycles. The summed E-state index contributed by atoms with van der Waals surface area (Å²) in [6.45, 7) is 12.7. The third-order valence-electron chi connectivity index (χ3n) is 11.2. The fourth-order valence-electron chi connectivity index (χ4n) is 7.79. The molecular formula is C50H57BrN8O6. The molecule has 6 aromatic rings. The van der Waals surface area contributed by atoms with Gasteiger partial charge in [-0.3, -0.25) is 19.2 Å². The molecule has 65 heavy (non-hydrogen) atoms. The van der Waals surface area contributed by atoms with Crippen LogP contribution in [0, 0.1) is 11.8 Å². The van der Waals surface area contributed by atoms with E-state index in [2.05, 4.69) is 63.6 Å². The van der Waals surface area contributed by atoms with Gasteiger partial charge >= 0.3 is 11.9 Å². The van der Waals surface area contributed by atoms with Crippen LogP contribution in [-0.4, -0.2) is 70.5 Å². The summed E-state index contributed by atoms with van der Waals surface area (Å²) in [5.41, 5.74) is 19.2. The van der Waals surface area contributed by atoms with Crippen molar-refractivity contribution in [3.8, 4) is 0 Å². The molecule has 0 spiro atoms. The average molecular weight is 946 g/mol. The van der Waals surface area contributed by atoms with Crippen molar-refractivity contribution in [2.45, 2.75) is 92.4 Å². The third-order valence-corrected chi connectivity index (χ3v) is 11.7. The second-order valence-corrected chi connectivity index (χ2v) is 17.9. The third kappa shape index (κ3) is 12.2. The van der Waals surface area contributed by atoms with Crippen LogP contribution in [0.3, 0.4) is 0 Å². The molecule has 8 rings (SSSR count).